The van der Waals surface area contributed by atoms with Crippen LogP contribution in [0.3, 0.4) is 0 Å². The van der Waals surface area contributed by atoms with Crippen molar-refractivity contribution in [2.24, 2.45) is 5.92 Å². The van der Waals surface area contributed by atoms with Gasteiger partial charge in [-0.3, -0.25) is 4.79 Å². The van der Waals surface area contributed by atoms with Crippen LogP contribution >= 0.6 is 23.2 Å². The van der Waals surface area contributed by atoms with Crippen LogP contribution in [0.15, 0.2) is 18.2 Å². The molecule has 2 aliphatic heterocycles. The summed E-state index contributed by atoms with van der Waals surface area (Å²) in [5.74, 6) is 0.651. The van der Waals surface area contributed by atoms with Gasteiger partial charge in [0, 0.05) is 29.7 Å². The number of hydrogen-bond donors (Lipinski definition) is 2. The number of nitrogens with one attached hydrogen (secondary N) is 1. The summed E-state index contributed by atoms with van der Waals surface area (Å²) < 4.78 is 0. The second kappa shape index (κ2) is 7.39. The van der Waals surface area contributed by atoms with Gasteiger partial charge in [-0.2, -0.15) is 0 Å². The number of hydrogen-bond acceptors (Lipinski definition) is 3. The summed E-state index contributed by atoms with van der Waals surface area (Å²) in [6.45, 7) is 2.06. The Morgan fingerprint density at radius 1 is 1.30 bits per heavy atom. The molecule has 2 fully saturated rings. The van der Waals surface area contributed by atoms with Gasteiger partial charge >= 0.3 is 0 Å². The van der Waals surface area contributed by atoms with Crippen LogP contribution in [-0.4, -0.2) is 47.7 Å². The van der Waals surface area contributed by atoms with E-state index in [1.807, 2.05) is 17.0 Å². The normalized spacial score (nSPS) is 25.8. The molecule has 2 saturated heterocycles. The fourth-order valence-corrected chi connectivity index (χ4v) is 3.88. The van der Waals surface area contributed by atoms with Gasteiger partial charge < -0.3 is 15.3 Å². The molecular weight excluding hydrogens is 335 g/mol. The van der Waals surface area contributed by atoms with E-state index in [1.54, 1.807) is 6.07 Å². The number of aliphatic hydroxyl groups is 1. The van der Waals surface area contributed by atoms with Crippen LogP contribution in [0.25, 0.3) is 0 Å². The first-order valence-corrected chi connectivity index (χ1v) is 8.92. The van der Waals surface area contributed by atoms with E-state index < -0.39 is 6.10 Å². The number of piperidine rings is 1. The van der Waals surface area contributed by atoms with E-state index in [1.165, 1.54) is 0 Å². The van der Waals surface area contributed by atoms with Crippen LogP contribution in [0.5, 0.6) is 0 Å². The van der Waals surface area contributed by atoms with Gasteiger partial charge in [-0.1, -0.05) is 23.2 Å². The molecule has 126 valence electrons. The average Bonchev–Trinajstić information content (AvgIpc) is 2.97. The lowest BCUT2D eigenvalue weighted by atomic mass is 9.90. The highest BCUT2D eigenvalue weighted by Gasteiger charge is 2.33. The molecule has 0 spiro atoms. The van der Waals surface area contributed by atoms with E-state index in [0.717, 1.165) is 42.9 Å². The minimum absolute atomic E-state index is 0.126. The average molecular weight is 357 g/mol. The minimum atomic E-state index is -0.397. The van der Waals surface area contributed by atoms with Crippen molar-refractivity contribution in [3.05, 3.63) is 33.8 Å². The van der Waals surface area contributed by atoms with Crippen molar-refractivity contribution in [2.45, 2.75) is 37.8 Å². The van der Waals surface area contributed by atoms with Gasteiger partial charge in [0.15, 0.2) is 0 Å². The lowest BCUT2D eigenvalue weighted by molar-refractivity contribution is -0.134. The smallest absolute Gasteiger partial charge is 0.239 e. The molecule has 1 aromatic rings. The van der Waals surface area contributed by atoms with Gasteiger partial charge in [-0.15, -0.1) is 0 Å². The lowest BCUT2D eigenvalue weighted by Crippen LogP contribution is -2.47. The number of amides is 1. The number of carbonyl (C=O) groups is 1. The predicted molar refractivity (Wildman–Crippen MR) is 91.9 cm³/mol. The molecule has 0 saturated carbocycles. The van der Waals surface area contributed by atoms with E-state index in [-0.39, 0.29) is 11.9 Å². The maximum Gasteiger partial charge on any atom is 0.239 e. The van der Waals surface area contributed by atoms with E-state index in [0.29, 0.717) is 23.9 Å². The first-order chi connectivity index (χ1) is 11.0. The van der Waals surface area contributed by atoms with Crippen LogP contribution in [0.1, 0.15) is 24.8 Å². The molecule has 0 bridgehead atoms. The van der Waals surface area contributed by atoms with Crippen molar-refractivity contribution in [3.63, 3.8) is 0 Å². The van der Waals surface area contributed by atoms with Gasteiger partial charge in [0.25, 0.3) is 0 Å². The van der Waals surface area contributed by atoms with E-state index in [4.69, 9.17) is 23.2 Å². The van der Waals surface area contributed by atoms with E-state index >= 15 is 0 Å². The topological polar surface area (TPSA) is 52.6 Å². The van der Waals surface area contributed by atoms with Gasteiger partial charge in [0.1, 0.15) is 0 Å². The van der Waals surface area contributed by atoms with Gasteiger partial charge in [-0.05, 0) is 55.4 Å². The number of β-amino-alcohol motifs (C(OH)–C–C–N with tert-alkyl or cyclic N) is 1. The third-order valence-corrected chi connectivity index (χ3v) is 5.45. The molecule has 2 atom stereocenters. The number of carbonyl (C=O) groups excluding carboxylic acids is 1. The summed E-state index contributed by atoms with van der Waals surface area (Å²) in [6, 6.07) is 5.36. The van der Waals surface area contributed by atoms with Crippen molar-refractivity contribution in [1.29, 1.82) is 0 Å². The molecule has 2 N–H and O–H groups in total. The molecule has 2 unspecified atom stereocenters. The Bertz CT molecular complexity index is 574. The van der Waals surface area contributed by atoms with E-state index in [2.05, 4.69) is 5.32 Å². The summed E-state index contributed by atoms with van der Waals surface area (Å²) in [5.41, 5.74) is 1.09. The van der Waals surface area contributed by atoms with Crippen molar-refractivity contribution in [2.75, 3.05) is 19.6 Å². The molecule has 0 aromatic heterocycles. The third kappa shape index (κ3) is 4.18. The van der Waals surface area contributed by atoms with Crippen molar-refractivity contribution >= 4 is 29.1 Å². The lowest BCUT2D eigenvalue weighted by Gasteiger charge is -2.33. The highest BCUT2D eigenvalue weighted by atomic mass is 35.5. The number of benzene rings is 1. The number of rotatable bonds is 3. The standard InChI is InChI=1S/C17H22Cl2N2O2/c18-13-1-2-15(19)12(8-13)7-11-3-5-21(6-4-11)17(23)16-9-14(22)10-20-16/h1-2,8,11,14,16,20,22H,3-7,9-10H2. The maximum absolute atomic E-state index is 12.4. The van der Waals surface area contributed by atoms with E-state index in [9.17, 15) is 9.90 Å². The molecule has 0 aliphatic carbocycles. The Morgan fingerprint density at radius 2 is 2.04 bits per heavy atom. The molecule has 2 heterocycles. The second-order valence-electron chi connectivity index (χ2n) is 6.56. The summed E-state index contributed by atoms with van der Waals surface area (Å²) in [7, 11) is 0. The molecule has 6 heteroatoms. The van der Waals surface area contributed by atoms with Gasteiger partial charge in [0.2, 0.25) is 5.91 Å². The zero-order valence-electron chi connectivity index (χ0n) is 13.0. The fourth-order valence-electron chi connectivity index (χ4n) is 3.49. The molecule has 23 heavy (non-hydrogen) atoms. The number of halogens is 2. The molecular formula is C17H22Cl2N2O2. The van der Waals surface area contributed by atoms with Crippen LogP contribution in [-0.2, 0) is 11.2 Å². The van der Waals surface area contributed by atoms with Crippen molar-refractivity contribution in [3.8, 4) is 0 Å². The predicted octanol–water partition coefficient (Wildman–Crippen LogP) is 2.50. The molecule has 3 rings (SSSR count). The Balaban J connectivity index is 1.52. The van der Waals surface area contributed by atoms with Crippen LogP contribution in [0, 0.1) is 5.92 Å². The van der Waals surface area contributed by atoms with Crippen molar-refractivity contribution in [1.82, 2.24) is 10.2 Å². The summed E-state index contributed by atoms with van der Waals surface area (Å²) in [4.78, 5) is 14.3. The zero-order valence-corrected chi connectivity index (χ0v) is 14.5. The maximum atomic E-state index is 12.4. The Kier molecular flexibility index (Phi) is 5.47. The van der Waals surface area contributed by atoms with Gasteiger partial charge in [-0.25, -0.2) is 0 Å². The number of aliphatic hydroxyl groups excluding tert-OH is 1. The minimum Gasteiger partial charge on any atom is -0.392 e. The Hall–Kier alpha value is -0.810. The molecule has 1 amide bonds. The van der Waals surface area contributed by atoms with Crippen molar-refractivity contribution < 1.29 is 9.90 Å². The zero-order chi connectivity index (χ0) is 16.4. The van der Waals surface area contributed by atoms with Crippen LogP contribution in [0.2, 0.25) is 10.0 Å². The number of nitrogens with zero attached hydrogens (tertiary/aromatic N) is 1. The number of likely N-dealkylation sites (tertiary alicyclic amines) is 1. The SMILES string of the molecule is O=C(C1CC(O)CN1)N1CCC(Cc2cc(Cl)ccc2Cl)CC1. The quantitative estimate of drug-likeness (QED) is 0.874. The highest BCUT2D eigenvalue weighted by molar-refractivity contribution is 6.33. The first-order valence-electron chi connectivity index (χ1n) is 8.17. The van der Waals surface area contributed by atoms with Gasteiger partial charge in [0.05, 0.1) is 12.1 Å². The summed E-state index contributed by atoms with van der Waals surface area (Å²) in [5, 5.41) is 14.1. The Labute approximate surface area is 146 Å². The summed E-state index contributed by atoms with van der Waals surface area (Å²) in [6.07, 6.45) is 2.98. The Morgan fingerprint density at radius 3 is 2.70 bits per heavy atom. The molecule has 2 aliphatic rings. The third-order valence-electron chi connectivity index (χ3n) is 4.85. The largest absolute Gasteiger partial charge is 0.392 e. The molecule has 1 aromatic carbocycles. The second-order valence-corrected chi connectivity index (χ2v) is 7.40. The highest BCUT2D eigenvalue weighted by Crippen LogP contribution is 2.28. The van der Waals surface area contributed by atoms with Crippen LogP contribution in [0.4, 0.5) is 0 Å². The monoisotopic (exact) mass is 356 g/mol. The summed E-state index contributed by atoms with van der Waals surface area (Å²) >= 11 is 12.3. The molecule has 0 radical (unpaired) electrons. The fraction of sp³-hybridized carbons (Fsp3) is 0.588. The molecule has 4 nitrogen and oxygen atoms in total. The van der Waals surface area contributed by atoms with Crippen LogP contribution < -0.4 is 5.32 Å². The first kappa shape index (κ1) is 17.0.